The number of hydrogen-bond acceptors (Lipinski definition) is 2. The number of rotatable bonds is 5. The highest BCUT2D eigenvalue weighted by atomic mass is 16.3. The van der Waals surface area contributed by atoms with E-state index in [2.05, 4.69) is 55.7 Å². The molecule has 0 bridgehead atoms. The Bertz CT molecular complexity index is 490. The predicted molar refractivity (Wildman–Crippen MR) is 84.4 cm³/mol. The minimum absolute atomic E-state index is 0.127. The van der Waals surface area contributed by atoms with Crippen molar-refractivity contribution in [2.45, 2.75) is 51.0 Å². The summed E-state index contributed by atoms with van der Waals surface area (Å²) in [6.07, 6.45) is 2.60. The van der Waals surface area contributed by atoms with E-state index in [-0.39, 0.29) is 11.4 Å². The van der Waals surface area contributed by atoms with Crippen LogP contribution >= 0.6 is 0 Å². The molecule has 1 aromatic carbocycles. The second-order valence-electron chi connectivity index (χ2n) is 6.86. The zero-order valence-corrected chi connectivity index (χ0v) is 13.2. The lowest BCUT2D eigenvalue weighted by Gasteiger charge is -2.36. The van der Waals surface area contributed by atoms with Crippen LogP contribution in [0.5, 0.6) is 0 Å². The molecule has 4 heteroatoms. The molecule has 0 aromatic heterocycles. The summed E-state index contributed by atoms with van der Waals surface area (Å²) in [7, 11) is 0. The molecule has 116 valence electrons. The van der Waals surface area contributed by atoms with E-state index in [4.69, 9.17) is 0 Å². The smallest absolute Gasteiger partial charge is 0.314 e. The van der Waals surface area contributed by atoms with E-state index in [9.17, 15) is 9.90 Å². The summed E-state index contributed by atoms with van der Waals surface area (Å²) in [5.41, 5.74) is 1.63. The third kappa shape index (κ3) is 4.21. The molecule has 0 unspecified atom stereocenters. The number of benzene rings is 1. The zero-order chi connectivity index (χ0) is 15.5. The Morgan fingerprint density at radius 1 is 1.24 bits per heavy atom. The largest absolute Gasteiger partial charge is 0.388 e. The summed E-state index contributed by atoms with van der Waals surface area (Å²) in [6.45, 7) is 7.17. The van der Waals surface area contributed by atoms with Gasteiger partial charge in [0.05, 0.1) is 5.60 Å². The number of nitrogens with one attached hydrogen (secondary N) is 2. The van der Waals surface area contributed by atoms with Gasteiger partial charge in [-0.05, 0) is 31.7 Å². The van der Waals surface area contributed by atoms with Crippen molar-refractivity contribution in [1.82, 2.24) is 10.6 Å². The van der Waals surface area contributed by atoms with Gasteiger partial charge in [-0.2, -0.15) is 0 Å². The van der Waals surface area contributed by atoms with Gasteiger partial charge < -0.3 is 15.7 Å². The third-order valence-electron chi connectivity index (χ3n) is 4.39. The van der Waals surface area contributed by atoms with E-state index >= 15 is 0 Å². The highest BCUT2D eigenvalue weighted by Crippen LogP contribution is 2.30. The second-order valence-corrected chi connectivity index (χ2v) is 6.86. The van der Waals surface area contributed by atoms with Crippen LogP contribution in [-0.4, -0.2) is 29.8 Å². The van der Waals surface area contributed by atoms with Gasteiger partial charge in [0.1, 0.15) is 0 Å². The number of carbonyl (C=O) groups is 1. The summed E-state index contributed by atoms with van der Waals surface area (Å²) >= 11 is 0. The molecule has 0 spiro atoms. The summed E-state index contributed by atoms with van der Waals surface area (Å²) < 4.78 is 0. The van der Waals surface area contributed by atoms with Crippen molar-refractivity contribution in [1.29, 1.82) is 0 Å². The number of aryl methyl sites for hydroxylation is 1. The first-order valence-electron chi connectivity index (χ1n) is 7.62. The number of carbonyl (C=O) groups excluding carboxylic acids is 1. The minimum Gasteiger partial charge on any atom is -0.388 e. The number of urea groups is 1. The van der Waals surface area contributed by atoms with Gasteiger partial charge in [0.2, 0.25) is 0 Å². The van der Waals surface area contributed by atoms with Crippen LogP contribution in [-0.2, 0) is 5.41 Å². The fourth-order valence-electron chi connectivity index (χ4n) is 2.48. The molecule has 0 radical (unpaired) electrons. The zero-order valence-electron chi connectivity index (χ0n) is 13.2. The van der Waals surface area contributed by atoms with Crippen molar-refractivity contribution in [3.63, 3.8) is 0 Å². The maximum atomic E-state index is 11.8. The van der Waals surface area contributed by atoms with E-state index in [1.54, 1.807) is 0 Å². The maximum absolute atomic E-state index is 11.8. The highest BCUT2D eigenvalue weighted by Gasteiger charge is 2.34. The van der Waals surface area contributed by atoms with Gasteiger partial charge in [0.25, 0.3) is 0 Å². The SMILES string of the molecule is Cc1ccc(C(C)(C)CNC(=O)NCC2(O)CCC2)cc1. The monoisotopic (exact) mass is 290 g/mol. The van der Waals surface area contributed by atoms with Crippen molar-refractivity contribution in [3.05, 3.63) is 35.4 Å². The second kappa shape index (κ2) is 6.06. The molecular weight excluding hydrogens is 264 g/mol. The van der Waals surface area contributed by atoms with E-state index in [0.29, 0.717) is 13.1 Å². The number of amides is 2. The van der Waals surface area contributed by atoms with Crippen molar-refractivity contribution in [2.24, 2.45) is 0 Å². The van der Waals surface area contributed by atoms with Crippen molar-refractivity contribution in [2.75, 3.05) is 13.1 Å². The van der Waals surface area contributed by atoms with Crippen LogP contribution in [0.3, 0.4) is 0 Å². The average Bonchev–Trinajstić information content (AvgIpc) is 2.41. The molecule has 0 heterocycles. The Balaban J connectivity index is 1.80. The quantitative estimate of drug-likeness (QED) is 0.780. The lowest BCUT2D eigenvalue weighted by Crippen LogP contribution is -2.51. The molecule has 4 nitrogen and oxygen atoms in total. The van der Waals surface area contributed by atoms with E-state index < -0.39 is 5.60 Å². The molecule has 1 fully saturated rings. The van der Waals surface area contributed by atoms with E-state index in [1.807, 2.05) is 0 Å². The summed E-state index contributed by atoms with van der Waals surface area (Å²) in [5.74, 6) is 0. The fourth-order valence-corrected chi connectivity index (χ4v) is 2.48. The molecule has 21 heavy (non-hydrogen) atoms. The third-order valence-corrected chi connectivity index (χ3v) is 4.39. The van der Waals surface area contributed by atoms with E-state index in [0.717, 1.165) is 19.3 Å². The average molecular weight is 290 g/mol. The number of aliphatic hydroxyl groups is 1. The van der Waals surface area contributed by atoms with Crippen LogP contribution in [0, 0.1) is 6.92 Å². The van der Waals surface area contributed by atoms with Crippen LogP contribution in [0.1, 0.15) is 44.2 Å². The molecule has 1 saturated carbocycles. The fraction of sp³-hybridized carbons (Fsp3) is 0.588. The Kier molecular flexibility index (Phi) is 4.57. The lowest BCUT2D eigenvalue weighted by molar-refractivity contribution is -0.0290. The van der Waals surface area contributed by atoms with Gasteiger partial charge in [-0.1, -0.05) is 43.7 Å². The standard InChI is InChI=1S/C17H26N2O2/c1-13-5-7-14(8-6-13)16(2,3)11-18-15(20)19-12-17(21)9-4-10-17/h5-8,21H,4,9-12H2,1-3H3,(H2,18,19,20). The molecule has 2 amide bonds. The molecule has 2 rings (SSSR count). The molecule has 0 aliphatic heterocycles. The summed E-state index contributed by atoms with van der Waals surface area (Å²) in [4.78, 5) is 11.8. The van der Waals surface area contributed by atoms with Gasteiger partial charge >= 0.3 is 6.03 Å². The Hall–Kier alpha value is -1.55. The topological polar surface area (TPSA) is 61.4 Å². The van der Waals surface area contributed by atoms with Crippen molar-refractivity contribution in [3.8, 4) is 0 Å². The highest BCUT2D eigenvalue weighted by molar-refractivity contribution is 5.74. The van der Waals surface area contributed by atoms with Gasteiger partial charge in [-0.3, -0.25) is 0 Å². The lowest BCUT2D eigenvalue weighted by atomic mass is 9.80. The van der Waals surface area contributed by atoms with Gasteiger partial charge in [-0.25, -0.2) is 4.79 Å². The summed E-state index contributed by atoms with van der Waals surface area (Å²) in [6, 6.07) is 8.17. The van der Waals surface area contributed by atoms with Crippen molar-refractivity contribution >= 4 is 6.03 Å². The summed E-state index contributed by atoms with van der Waals surface area (Å²) in [5, 5.41) is 15.6. The van der Waals surface area contributed by atoms with Crippen LogP contribution in [0.4, 0.5) is 4.79 Å². The van der Waals surface area contributed by atoms with Crippen LogP contribution in [0.2, 0.25) is 0 Å². The Morgan fingerprint density at radius 3 is 2.38 bits per heavy atom. The molecule has 1 aliphatic rings. The number of hydrogen-bond donors (Lipinski definition) is 3. The minimum atomic E-state index is -0.677. The molecule has 0 atom stereocenters. The molecule has 0 saturated heterocycles. The van der Waals surface area contributed by atoms with Gasteiger partial charge in [0.15, 0.2) is 0 Å². The first-order chi connectivity index (χ1) is 9.81. The normalized spacial score (nSPS) is 17.0. The van der Waals surface area contributed by atoms with Gasteiger partial charge in [-0.15, -0.1) is 0 Å². The maximum Gasteiger partial charge on any atom is 0.314 e. The molecular formula is C17H26N2O2. The Labute approximate surface area is 126 Å². The van der Waals surface area contributed by atoms with Crippen LogP contribution in [0.25, 0.3) is 0 Å². The van der Waals surface area contributed by atoms with Crippen LogP contribution < -0.4 is 10.6 Å². The molecule has 1 aliphatic carbocycles. The van der Waals surface area contributed by atoms with Crippen molar-refractivity contribution < 1.29 is 9.90 Å². The van der Waals surface area contributed by atoms with Gasteiger partial charge in [0, 0.05) is 18.5 Å². The molecule has 3 N–H and O–H groups in total. The van der Waals surface area contributed by atoms with E-state index in [1.165, 1.54) is 11.1 Å². The predicted octanol–water partition coefficient (Wildman–Crippen LogP) is 2.49. The first-order valence-corrected chi connectivity index (χ1v) is 7.62. The first kappa shape index (κ1) is 15.8. The Morgan fingerprint density at radius 2 is 1.86 bits per heavy atom. The molecule has 1 aromatic rings. The van der Waals surface area contributed by atoms with Crippen LogP contribution in [0.15, 0.2) is 24.3 Å².